The second kappa shape index (κ2) is 14.3. The molecule has 208 valence electrons. The number of anilines is 1. The Morgan fingerprint density at radius 2 is 1.64 bits per heavy atom. The van der Waals surface area contributed by atoms with Gasteiger partial charge in [0.2, 0.25) is 21.8 Å². The molecule has 3 aromatic rings. The Morgan fingerprint density at radius 1 is 0.949 bits per heavy atom. The van der Waals surface area contributed by atoms with Crippen LogP contribution >= 0.6 is 15.9 Å². The normalized spacial score (nSPS) is 12.0. The summed E-state index contributed by atoms with van der Waals surface area (Å²) in [7, 11) is -3.80. The summed E-state index contributed by atoms with van der Waals surface area (Å²) in [6.07, 6.45) is 3.11. The van der Waals surface area contributed by atoms with Crippen LogP contribution in [0.15, 0.2) is 83.3 Å². The highest BCUT2D eigenvalue weighted by Gasteiger charge is 2.33. The van der Waals surface area contributed by atoms with Crippen molar-refractivity contribution in [1.29, 1.82) is 0 Å². The number of carbonyl (C=O) groups is 2. The summed E-state index contributed by atoms with van der Waals surface area (Å²) in [4.78, 5) is 29.1. The van der Waals surface area contributed by atoms with Gasteiger partial charge in [-0.15, -0.1) is 0 Å². The van der Waals surface area contributed by atoms with Gasteiger partial charge in [-0.1, -0.05) is 95.5 Å². The van der Waals surface area contributed by atoms with E-state index in [-0.39, 0.29) is 12.5 Å². The first-order valence-electron chi connectivity index (χ1n) is 13.0. The molecule has 0 aliphatic heterocycles. The standard InChI is InChI=1S/C30H36BrN3O4S/c1-4-5-17-32-30(36)28(19-24-12-7-6-8-13-24)33(21-25-14-9-11-23(2)18-25)29(35)22-34(39(3,37)38)27-16-10-15-26(31)20-27/h6-16,18,20,28H,4-5,17,19,21-22H2,1-3H3,(H,32,36)/t28-/m0/s1. The van der Waals surface area contributed by atoms with Crippen molar-refractivity contribution in [2.75, 3.05) is 23.7 Å². The molecule has 0 aromatic heterocycles. The van der Waals surface area contributed by atoms with E-state index < -0.39 is 28.5 Å². The van der Waals surface area contributed by atoms with E-state index in [2.05, 4.69) is 21.2 Å². The third-order valence-electron chi connectivity index (χ3n) is 6.31. The Hall–Kier alpha value is -3.17. The number of aryl methyl sites for hydroxylation is 1. The van der Waals surface area contributed by atoms with Crippen molar-refractivity contribution in [2.45, 2.75) is 45.7 Å². The van der Waals surface area contributed by atoms with Crippen LogP contribution in [0, 0.1) is 6.92 Å². The fraction of sp³-hybridized carbons (Fsp3) is 0.333. The quantitative estimate of drug-likeness (QED) is 0.272. The average molecular weight is 615 g/mol. The largest absolute Gasteiger partial charge is 0.354 e. The molecule has 1 N–H and O–H groups in total. The van der Waals surface area contributed by atoms with Gasteiger partial charge in [-0.2, -0.15) is 0 Å². The molecule has 0 bridgehead atoms. The zero-order valence-corrected chi connectivity index (χ0v) is 25.0. The van der Waals surface area contributed by atoms with E-state index in [1.807, 2.05) is 68.4 Å². The van der Waals surface area contributed by atoms with E-state index in [4.69, 9.17) is 0 Å². The lowest BCUT2D eigenvalue weighted by molar-refractivity contribution is -0.140. The van der Waals surface area contributed by atoms with E-state index in [9.17, 15) is 18.0 Å². The maximum atomic E-state index is 14.0. The van der Waals surface area contributed by atoms with Gasteiger partial charge in [0.05, 0.1) is 11.9 Å². The molecule has 0 aliphatic rings. The molecular formula is C30H36BrN3O4S. The number of benzene rings is 3. The van der Waals surface area contributed by atoms with Crippen LogP contribution in [0.4, 0.5) is 5.69 Å². The van der Waals surface area contributed by atoms with Gasteiger partial charge in [0.25, 0.3) is 0 Å². The lowest BCUT2D eigenvalue weighted by atomic mass is 10.0. The van der Waals surface area contributed by atoms with Crippen molar-refractivity contribution in [2.24, 2.45) is 0 Å². The Bertz CT molecular complexity index is 1370. The van der Waals surface area contributed by atoms with Gasteiger partial charge in [-0.05, 0) is 42.7 Å². The maximum Gasteiger partial charge on any atom is 0.244 e. The van der Waals surface area contributed by atoms with Crippen LogP contribution < -0.4 is 9.62 Å². The Morgan fingerprint density at radius 3 is 2.28 bits per heavy atom. The molecule has 0 aliphatic carbocycles. The lowest BCUT2D eigenvalue weighted by Crippen LogP contribution is -2.53. The van der Waals surface area contributed by atoms with Gasteiger partial charge in [-0.3, -0.25) is 13.9 Å². The Labute approximate surface area is 240 Å². The molecule has 0 saturated carbocycles. The molecule has 0 radical (unpaired) electrons. The van der Waals surface area contributed by atoms with E-state index in [0.717, 1.165) is 40.1 Å². The molecule has 0 fully saturated rings. The first kappa shape index (κ1) is 30.4. The number of sulfonamides is 1. The molecule has 1 atom stereocenters. The van der Waals surface area contributed by atoms with Crippen LogP contribution in [-0.2, 0) is 32.6 Å². The van der Waals surface area contributed by atoms with Gasteiger partial charge < -0.3 is 10.2 Å². The summed E-state index contributed by atoms with van der Waals surface area (Å²) in [6.45, 7) is 4.24. The van der Waals surface area contributed by atoms with Gasteiger partial charge in [0, 0.05) is 24.0 Å². The highest BCUT2D eigenvalue weighted by atomic mass is 79.9. The predicted molar refractivity (Wildman–Crippen MR) is 160 cm³/mol. The number of amides is 2. The number of carbonyl (C=O) groups excluding carboxylic acids is 2. The lowest BCUT2D eigenvalue weighted by Gasteiger charge is -2.33. The summed E-state index contributed by atoms with van der Waals surface area (Å²) in [6, 6.07) is 23.2. The summed E-state index contributed by atoms with van der Waals surface area (Å²) >= 11 is 3.38. The first-order valence-corrected chi connectivity index (χ1v) is 15.6. The van der Waals surface area contributed by atoms with E-state index in [1.165, 1.54) is 4.90 Å². The zero-order valence-electron chi connectivity index (χ0n) is 22.6. The minimum Gasteiger partial charge on any atom is -0.354 e. The van der Waals surface area contributed by atoms with E-state index in [1.54, 1.807) is 24.3 Å². The molecule has 0 heterocycles. The molecule has 3 aromatic carbocycles. The number of nitrogens with one attached hydrogen (secondary N) is 1. The summed E-state index contributed by atoms with van der Waals surface area (Å²) in [5.74, 6) is -0.727. The van der Waals surface area contributed by atoms with Crippen molar-refractivity contribution in [3.8, 4) is 0 Å². The molecule has 39 heavy (non-hydrogen) atoms. The zero-order chi connectivity index (χ0) is 28.4. The molecule has 0 unspecified atom stereocenters. The number of hydrogen-bond donors (Lipinski definition) is 1. The smallest absolute Gasteiger partial charge is 0.244 e. The van der Waals surface area contributed by atoms with Gasteiger partial charge >= 0.3 is 0 Å². The second-order valence-electron chi connectivity index (χ2n) is 9.61. The van der Waals surface area contributed by atoms with Crippen LogP contribution in [0.2, 0.25) is 0 Å². The monoisotopic (exact) mass is 613 g/mol. The third-order valence-corrected chi connectivity index (χ3v) is 7.95. The topological polar surface area (TPSA) is 86.8 Å². The molecule has 7 nitrogen and oxygen atoms in total. The Kier molecular flexibility index (Phi) is 11.1. The fourth-order valence-corrected chi connectivity index (χ4v) is 5.54. The summed E-state index contributed by atoms with van der Waals surface area (Å²) in [5.41, 5.74) is 3.15. The molecule has 0 spiro atoms. The number of unbranched alkanes of at least 4 members (excludes halogenated alkanes) is 1. The highest BCUT2D eigenvalue weighted by Crippen LogP contribution is 2.23. The fourth-order valence-electron chi connectivity index (χ4n) is 4.31. The van der Waals surface area contributed by atoms with E-state index in [0.29, 0.717) is 23.1 Å². The number of hydrogen-bond acceptors (Lipinski definition) is 4. The molecule has 2 amide bonds. The van der Waals surface area contributed by atoms with Crippen LogP contribution in [0.1, 0.15) is 36.5 Å². The van der Waals surface area contributed by atoms with Crippen molar-refractivity contribution < 1.29 is 18.0 Å². The maximum absolute atomic E-state index is 14.0. The number of halogens is 1. The number of rotatable bonds is 13. The minimum atomic E-state index is -3.80. The van der Waals surface area contributed by atoms with Crippen molar-refractivity contribution in [1.82, 2.24) is 10.2 Å². The average Bonchev–Trinajstić information content (AvgIpc) is 2.89. The van der Waals surface area contributed by atoms with Crippen molar-refractivity contribution in [3.05, 3.63) is 100 Å². The first-order chi connectivity index (χ1) is 18.6. The van der Waals surface area contributed by atoms with Gasteiger partial charge in [-0.25, -0.2) is 8.42 Å². The summed E-state index contributed by atoms with van der Waals surface area (Å²) < 4.78 is 27.4. The van der Waals surface area contributed by atoms with Gasteiger partial charge in [0.1, 0.15) is 12.6 Å². The number of nitrogens with zero attached hydrogens (tertiary/aromatic N) is 2. The van der Waals surface area contributed by atoms with E-state index >= 15 is 0 Å². The molecule has 9 heteroatoms. The Balaban J connectivity index is 2.03. The van der Waals surface area contributed by atoms with Crippen molar-refractivity contribution in [3.63, 3.8) is 0 Å². The third kappa shape index (κ3) is 9.21. The second-order valence-corrected chi connectivity index (χ2v) is 12.4. The van der Waals surface area contributed by atoms with Crippen LogP contribution in [0.25, 0.3) is 0 Å². The van der Waals surface area contributed by atoms with Crippen LogP contribution in [0.5, 0.6) is 0 Å². The SMILES string of the molecule is CCCCNC(=O)[C@H](Cc1ccccc1)N(Cc1cccc(C)c1)C(=O)CN(c1cccc(Br)c1)S(C)(=O)=O. The van der Waals surface area contributed by atoms with Crippen LogP contribution in [0.3, 0.4) is 0 Å². The predicted octanol–water partition coefficient (Wildman–Crippen LogP) is 5.08. The van der Waals surface area contributed by atoms with Gasteiger partial charge in [0.15, 0.2) is 0 Å². The summed E-state index contributed by atoms with van der Waals surface area (Å²) in [5, 5.41) is 2.99. The highest BCUT2D eigenvalue weighted by molar-refractivity contribution is 9.10. The van der Waals surface area contributed by atoms with Crippen molar-refractivity contribution >= 4 is 43.5 Å². The molecule has 3 rings (SSSR count). The molecule has 0 saturated heterocycles. The molecular weight excluding hydrogens is 578 g/mol. The van der Waals surface area contributed by atoms with Crippen LogP contribution in [-0.4, -0.2) is 50.5 Å². The minimum absolute atomic E-state index is 0.162.